The van der Waals surface area contributed by atoms with Gasteiger partial charge in [0.05, 0.1) is 0 Å². The van der Waals surface area contributed by atoms with Gasteiger partial charge in [-0.1, -0.05) is 19.3 Å². The molecule has 0 unspecified atom stereocenters. The first kappa shape index (κ1) is 17.4. The molecule has 5 heteroatoms. The van der Waals surface area contributed by atoms with Gasteiger partial charge in [-0.05, 0) is 43.0 Å². The zero-order valence-electron chi connectivity index (χ0n) is 15.7. The van der Waals surface area contributed by atoms with Crippen LogP contribution in [0.4, 0.5) is 11.4 Å². The van der Waals surface area contributed by atoms with E-state index in [-0.39, 0.29) is 11.8 Å². The first-order chi connectivity index (χ1) is 12.6. The first-order valence-corrected chi connectivity index (χ1v) is 10.1. The number of anilines is 2. The minimum atomic E-state index is 0.195. The monoisotopic (exact) mass is 355 g/mol. The van der Waals surface area contributed by atoms with Crippen molar-refractivity contribution in [3.63, 3.8) is 0 Å². The SMILES string of the molecule is CN1C(=O)CCc2cc(N3CCN(C(=O)C4CCCCC4)CC3)ccc21. The molecule has 1 aliphatic carbocycles. The van der Waals surface area contributed by atoms with Crippen molar-refractivity contribution in [3.05, 3.63) is 23.8 Å². The summed E-state index contributed by atoms with van der Waals surface area (Å²) < 4.78 is 0. The molecule has 0 radical (unpaired) electrons. The molecule has 2 aliphatic heterocycles. The Morgan fingerprint density at radius 2 is 1.73 bits per heavy atom. The van der Waals surface area contributed by atoms with Crippen LogP contribution in [0.1, 0.15) is 44.1 Å². The van der Waals surface area contributed by atoms with Gasteiger partial charge in [0.1, 0.15) is 0 Å². The highest BCUT2D eigenvalue weighted by Gasteiger charge is 2.29. The van der Waals surface area contributed by atoms with Crippen molar-refractivity contribution >= 4 is 23.2 Å². The van der Waals surface area contributed by atoms with Crippen molar-refractivity contribution in [1.29, 1.82) is 0 Å². The van der Waals surface area contributed by atoms with Crippen LogP contribution in [0, 0.1) is 5.92 Å². The zero-order chi connectivity index (χ0) is 18.1. The molecule has 0 bridgehead atoms. The number of aryl methyl sites for hydroxylation is 1. The molecule has 2 fully saturated rings. The second-order valence-electron chi connectivity index (χ2n) is 7.91. The first-order valence-electron chi connectivity index (χ1n) is 10.1. The van der Waals surface area contributed by atoms with Crippen LogP contribution in [0.25, 0.3) is 0 Å². The molecule has 2 heterocycles. The second kappa shape index (κ2) is 7.29. The molecule has 3 aliphatic rings. The Morgan fingerprint density at radius 1 is 1.00 bits per heavy atom. The summed E-state index contributed by atoms with van der Waals surface area (Å²) in [4.78, 5) is 30.8. The van der Waals surface area contributed by atoms with Crippen LogP contribution in [0.2, 0.25) is 0 Å². The average Bonchev–Trinajstić information content (AvgIpc) is 2.71. The van der Waals surface area contributed by atoms with Crippen LogP contribution in [0.15, 0.2) is 18.2 Å². The quantitative estimate of drug-likeness (QED) is 0.819. The predicted molar refractivity (Wildman–Crippen MR) is 104 cm³/mol. The smallest absolute Gasteiger partial charge is 0.227 e. The lowest BCUT2D eigenvalue weighted by molar-refractivity contribution is -0.136. The number of benzene rings is 1. The molecular weight excluding hydrogens is 326 g/mol. The molecule has 1 saturated heterocycles. The highest BCUT2D eigenvalue weighted by atomic mass is 16.2. The van der Waals surface area contributed by atoms with Crippen molar-refractivity contribution in [2.45, 2.75) is 44.9 Å². The molecule has 1 saturated carbocycles. The molecule has 140 valence electrons. The van der Waals surface area contributed by atoms with E-state index < -0.39 is 0 Å². The standard InChI is InChI=1S/C21H29N3O2/c1-22-19-9-8-18(15-17(19)7-10-20(22)25)23-11-13-24(14-12-23)21(26)16-5-3-2-4-6-16/h8-9,15-16H,2-7,10-14H2,1H3. The number of piperazine rings is 1. The van der Waals surface area contributed by atoms with Gasteiger partial charge in [0.2, 0.25) is 11.8 Å². The van der Waals surface area contributed by atoms with E-state index in [2.05, 4.69) is 28.0 Å². The second-order valence-corrected chi connectivity index (χ2v) is 7.91. The molecule has 0 aromatic heterocycles. The molecule has 1 aromatic rings. The highest BCUT2D eigenvalue weighted by Crippen LogP contribution is 2.31. The summed E-state index contributed by atoms with van der Waals surface area (Å²) in [6, 6.07) is 6.42. The minimum Gasteiger partial charge on any atom is -0.368 e. The number of nitrogens with zero attached hydrogens (tertiary/aromatic N) is 3. The third kappa shape index (κ3) is 3.31. The van der Waals surface area contributed by atoms with E-state index in [4.69, 9.17) is 0 Å². The Balaban J connectivity index is 1.39. The van der Waals surface area contributed by atoms with E-state index in [1.54, 1.807) is 4.90 Å². The van der Waals surface area contributed by atoms with E-state index in [1.807, 2.05) is 7.05 Å². The number of hydrogen-bond acceptors (Lipinski definition) is 3. The number of amides is 2. The van der Waals surface area contributed by atoms with E-state index in [9.17, 15) is 9.59 Å². The Kier molecular flexibility index (Phi) is 4.88. The predicted octanol–water partition coefficient (Wildman–Crippen LogP) is 2.82. The molecular formula is C21H29N3O2. The minimum absolute atomic E-state index is 0.195. The maximum atomic E-state index is 12.7. The van der Waals surface area contributed by atoms with E-state index >= 15 is 0 Å². The van der Waals surface area contributed by atoms with Gasteiger partial charge in [-0.25, -0.2) is 0 Å². The summed E-state index contributed by atoms with van der Waals surface area (Å²) in [5.41, 5.74) is 3.51. The Hall–Kier alpha value is -2.04. The Morgan fingerprint density at radius 3 is 2.46 bits per heavy atom. The number of carbonyl (C=O) groups excluding carboxylic acids is 2. The van der Waals surface area contributed by atoms with Crippen LogP contribution in [0.3, 0.4) is 0 Å². The van der Waals surface area contributed by atoms with Crippen molar-refractivity contribution < 1.29 is 9.59 Å². The van der Waals surface area contributed by atoms with Gasteiger partial charge in [0, 0.05) is 56.9 Å². The van der Waals surface area contributed by atoms with Gasteiger partial charge < -0.3 is 14.7 Å². The fourth-order valence-electron chi connectivity index (χ4n) is 4.63. The summed E-state index contributed by atoms with van der Waals surface area (Å²) >= 11 is 0. The lowest BCUT2D eigenvalue weighted by Crippen LogP contribution is -2.50. The van der Waals surface area contributed by atoms with Crippen LogP contribution in [-0.2, 0) is 16.0 Å². The van der Waals surface area contributed by atoms with Gasteiger partial charge in [-0.2, -0.15) is 0 Å². The Labute approximate surface area is 155 Å². The third-order valence-electron chi connectivity index (χ3n) is 6.32. The summed E-state index contributed by atoms with van der Waals surface area (Å²) in [5.74, 6) is 0.849. The maximum Gasteiger partial charge on any atom is 0.227 e. The maximum absolute atomic E-state index is 12.7. The Bertz CT molecular complexity index is 688. The van der Waals surface area contributed by atoms with Gasteiger partial charge >= 0.3 is 0 Å². The summed E-state index contributed by atoms with van der Waals surface area (Å²) in [7, 11) is 1.86. The lowest BCUT2D eigenvalue weighted by atomic mass is 9.88. The topological polar surface area (TPSA) is 43.9 Å². The average molecular weight is 355 g/mol. The number of fused-ring (bicyclic) bond motifs is 1. The van der Waals surface area contributed by atoms with Gasteiger partial charge in [0.15, 0.2) is 0 Å². The van der Waals surface area contributed by atoms with E-state index in [1.165, 1.54) is 30.5 Å². The third-order valence-corrected chi connectivity index (χ3v) is 6.32. The van der Waals surface area contributed by atoms with Crippen LogP contribution < -0.4 is 9.80 Å². The summed E-state index contributed by atoms with van der Waals surface area (Å²) in [6.45, 7) is 3.44. The molecule has 2 amide bonds. The molecule has 0 atom stereocenters. The van der Waals surface area contributed by atoms with Crippen LogP contribution >= 0.6 is 0 Å². The van der Waals surface area contributed by atoms with Gasteiger partial charge in [0.25, 0.3) is 0 Å². The van der Waals surface area contributed by atoms with Crippen molar-refractivity contribution in [2.24, 2.45) is 5.92 Å². The molecule has 26 heavy (non-hydrogen) atoms. The van der Waals surface area contributed by atoms with Crippen LogP contribution in [0.5, 0.6) is 0 Å². The number of carbonyl (C=O) groups is 2. The highest BCUT2D eigenvalue weighted by molar-refractivity contribution is 5.96. The molecule has 0 spiro atoms. The fraction of sp³-hybridized carbons (Fsp3) is 0.619. The molecule has 1 aromatic carbocycles. The molecule has 0 N–H and O–H groups in total. The summed E-state index contributed by atoms with van der Waals surface area (Å²) in [6.07, 6.45) is 7.29. The van der Waals surface area contributed by atoms with Gasteiger partial charge in [-0.15, -0.1) is 0 Å². The van der Waals surface area contributed by atoms with Gasteiger partial charge in [-0.3, -0.25) is 9.59 Å². The normalized spacial score (nSPS) is 21.7. The lowest BCUT2D eigenvalue weighted by Gasteiger charge is -2.38. The number of hydrogen-bond donors (Lipinski definition) is 0. The molecule has 5 nitrogen and oxygen atoms in total. The number of rotatable bonds is 2. The van der Waals surface area contributed by atoms with E-state index in [0.29, 0.717) is 12.3 Å². The van der Waals surface area contributed by atoms with E-state index in [0.717, 1.165) is 51.1 Å². The molecule has 4 rings (SSSR count). The van der Waals surface area contributed by atoms with Crippen molar-refractivity contribution in [1.82, 2.24) is 4.90 Å². The van der Waals surface area contributed by atoms with Crippen LogP contribution in [-0.4, -0.2) is 49.9 Å². The van der Waals surface area contributed by atoms with Crippen molar-refractivity contribution in [3.8, 4) is 0 Å². The summed E-state index contributed by atoms with van der Waals surface area (Å²) in [5, 5.41) is 0. The fourth-order valence-corrected chi connectivity index (χ4v) is 4.63. The van der Waals surface area contributed by atoms with Crippen molar-refractivity contribution in [2.75, 3.05) is 43.0 Å². The zero-order valence-corrected chi connectivity index (χ0v) is 15.7. The largest absolute Gasteiger partial charge is 0.368 e.